The zero-order valence-corrected chi connectivity index (χ0v) is 12.0. The van der Waals surface area contributed by atoms with Crippen LogP contribution in [0, 0.1) is 0 Å². The molecule has 0 unspecified atom stereocenters. The highest BCUT2D eigenvalue weighted by Gasteiger charge is 2.40. The molecule has 110 valence electrons. The predicted octanol–water partition coefficient (Wildman–Crippen LogP) is -0.218. The number of nitrogens with zero attached hydrogens (tertiary/aromatic N) is 1. The molecule has 0 heterocycles. The van der Waals surface area contributed by atoms with Gasteiger partial charge in [-0.3, -0.25) is 9.59 Å². The van der Waals surface area contributed by atoms with E-state index in [0.717, 1.165) is 10.7 Å². The van der Waals surface area contributed by atoms with E-state index in [1.165, 1.54) is 14.0 Å². The second kappa shape index (κ2) is 5.87. The Morgan fingerprint density at radius 1 is 1.37 bits per heavy atom. The maximum atomic E-state index is 11.8. The number of hydrogen-bond donors (Lipinski definition) is 2. The van der Waals surface area contributed by atoms with Crippen LogP contribution in [0.4, 0.5) is 0 Å². The van der Waals surface area contributed by atoms with Crippen molar-refractivity contribution >= 4 is 21.9 Å². The predicted molar refractivity (Wildman–Crippen MR) is 69.1 cm³/mol. The molecule has 1 aliphatic carbocycles. The normalized spacial score (nSPS) is 17.8. The van der Waals surface area contributed by atoms with Crippen molar-refractivity contribution in [2.45, 2.75) is 38.1 Å². The third-order valence-corrected chi connectivity index (χ3v) is 5.22. The molecule has 1 saturated carbocycles. The first-order valence-electron chi connectivity index (χ1n) is 6.17. The summed E-state index contributed by atoms with van der Waals surface area (Å²) >= 11 is 0. The third-order valence-electron chi connectivity index (χ3n) is 3.41. The molecule has 0 bridgehead atoms. The van der Waals surface area contributed by atoms with Gasteiger partial charge in [-0.2, -0.15) is 4.31 Å². The highest BCUT2D eigenvalue weighted by Crippen LogP contribution is 2.34. The summed E-state index contributed by atoms with van der Waals surface area (Å²) in [5.41, 5.74) is -0.695. The Bertz CT molecular complexity index is 456. The molecular weight excluding hydrogens is 272 g/mol. The minimum atomic E-state index is -3.40. The lowest BCUT2D eigenvalue weighted by Gasteiger charge is -2.41. The van der Waals surface area contributed by atoms with E-state index in [-0.39, 0.29) is 18.7 Å². The van der Waals surface area contributed by atoms with Crippen LogP contribution >= 0.6 is 0 Å². The van der Waals surface area contributed by atoms with Crippen LogP contribution in [0.3, 0.4) is 0 Å². The molecule has 0 aromatic rings. The first-order valence-corrected chi connectivity index (χ1v) is 7.78. The standard InChI is InChI=1S/C11H20N2O5S/c1-3-19(17,18)13(2)8-9(14)12-11(5-4-6-11)7-10(15)16/h3-8H2,1-2H3,(H,12,14)(H,15,16). The van der Waals surface area contributed by atoms with Crippen molar-refractivity contribution in [2.24, 2.45) is 0 Å². The molecule has 1 fully saturated rings. The summed E-state index contributed by atoms with van der Waals surface area (Å²) in [4.78, 5) is 22.6. The van der Waals surface area contributed by atoms with Crippen LogP contribution in [0.2, 0.25) is 0 Å². The van der Waals surface area contributed by atoms with Gasteiger partial charge in [-0.1, -0.05) is 0 Å². The number of carbonyl (C=O) groups is 2. The van der Waals surface area contributed by atoms with Gasteiger partial charge in [0.1, 0.15) is 0 Å². The monoisotopic (exact) mass is 292 g/mol. The van der Waals surface area contributed by atoms with Gasteiger partial charge < -0.3 is 10.4 Å². The van der Waals surface area contributed by atoms with Gasteiger partial charge in [0.15, 0.2) is 0 Å². The van der Waals surface area contributed by atoms with Gasteiger partial charge in [-0.15, -0.1) is 0 Å². The van der Waals surface area contributed by atoms with E-state index in [2.05, 4.69) is 5.32 Å². The van der Waals surface area contributed by atoms with Gasteiger partial charge in [0, 0.05) is 7.05 Å². The molecular formula is C11H20N2O5S. The Morgan fingerprint density at radius 2 is 1.95 bits per heavy atom. The number of sulfonamides is 1. The van der Waals surface area contributed by atoms with E-state index in [1.54, 1.807) is 0 Å². The molecule has 7 nitrogen and oxygen atoms in total. The first kappa shape index (κ1) is 15.9. The van der Waals surface area contributed by atoms with Crippen molar-refractivity contribution < 1.29 is 23.1 Å². The van der Waals surface area contributed by atoms with Crippen LogP contribution in [0.5, 0.6) is 0 Å². The number of hydrogen-bond acceptors (Lipinski definition) is 4. The lowest BCUT2D eigenvalue weighted by molar-refractivity contribution is -0.140. The first-order chi connectivity index (χ1) is 8.71. The number of carboxylic acid groups (broad SMARTS) is 1. The molecule has 0 atom stereocenters. The molecule has 0 spiro atoms. The maximum Gasteiger partial charge on any atom is 0.305 e. The molecule has 1 aliphatic rings. The van der Waals surface area contributed by atoms with Crippen molar-refractivity contribution in [1.29, 1.82) is 0 Å². The highest BCUT2D eigenvalue weighted by molar-refractivity contribution is 7.89. The minimum Gasteiger partial charge on any atom is -0.481 e. The molecule has 1 amide bonds. The minimum absolute atomic E-state index is 0.0724. The van der Waals surface area contributed by atoms with Crippen molar-refractivity contribution in [3.05, 3.63) is 0 Å². The summed E-state index contributed by atoms with van der Waals surface area (Å²) < 4.78 is 24.0. The molecule has 19 heavy (non-hydrogen) atoms. The fourth-order valence-corrected chi connectivity index (χ4v) is 2.85. The zero-order valence-electron chi connectivity index (χ0n) is 11.2. The molecule has 2 N–H and O–H groups in total. The topological polar surface area (TPSA) is 104 Å². The van der Waals surface area contributed by atoms with Gasteiger partial charge in [0.25, 0.3) is 0 Å². The van der Waals surface area contributed by atoms with Gasteiger partial charge in [0.2, 0.25) is 15.9 Å². The van der Waals surface area contributed by atoms with Crippen LogP contribution in [-0.4, -0.2) is 54.6 Å². The van der Waals surface area contributed by atoms with Crippen LogP contribution in [0.25, 0.3) is 0 Å². The number of amides is 1. The summed E-state index contributed by atoms with van der Waals surface area (Å²) in [5, 5.41) is 11.5. The fourth-order valence-electron chi connectivity index (χ4n) is 2.10. The van der Waals surface area contributed by atoms with E-state index in [1.807, 2.05) is 0 Å². The Labute approximate surface area is 113 Å². The summed E-state index contributed by atoms with van der Waals surface area (Å²) in [6.45, 7) is 1.22. The summed E-state index contributed by atoms with van der Waals surface area (Å²) in [6, 6.07) is 0. The lowest BCUT2D eigenvalue weighted by atomic mass is 9.74. The summed E-state index contributed by atoms with van der Waals surface area (Å²) in [6.07, 6.45) is 1.99. The number of carboxylic acids is 1. The van der Waals surface area contributed by atoms with Crippen LogP contribution in [-0.2, 0) is 19.6 Å². The van der Waals surface area contributed by atoms with Gasteiger partial charge >= 0.3 is 5.97 Å². The summed E-state index contributed by atoms with van der Waals surface area (Å²) in [7, 11) is -2.07. The van der Waals surface area contributed by atoms with Crippen molar-refractivity contribution in [2.75, 3.05) is 19.3 Å². The third kappa shape index (κ3) is 4.17. The average molecular weight is 292 g/mol. The highest BCUT2D eigenvalue weighted by atomic mass is 32.2. The second-order valence-corrected chi connectivity index (χ2v) is 7.27. The quantitative estimate of drug-likeness (QED) is 0.675. The number of nitrogens with one attached hydrogen (secondary N) is 1. The molecule has 0 aromatic heterocycles. The van der Waals surface area contributed by atoms with E-state index >= 15 is 0 Å². The van der Waals surface area contributed by atoms with Gasteiger partial charge in [-0.25, -0.2) is 8.42 Å². The molecule has 1 rings (SSSR count). The van der Waals surface area contributed by atoms with Crippen LogP contribution < -0.4 is 5.32 Å². The molecule has 0 aliphatic heterocycles. The molecule has 0 aromatic carbocycles. The van der Waals surface area contributed by atoms with E-state index in [9.17, 15) is 18.0 Å². The molecule has 8 heteroatoms. The SMILES string of the molecule is CCS(=O)(=O)N(C)CC(=O)NC1(CC(=O)O)CCC1. The number of likely N-dealkylation sites (N-methyl/N-ethyl adjacent to an activating group) is 1. The number of rotatable bonds is 7. The van der Waals surface area contributed by atoms with E-state index in [0.29, 0.717) is 12.8 Å². The molecule has 0 saturated heterocycles. The zero-order chi connectivity index (χ0) is 14.7. The van der Waals surface area contributed by atoms with E-state index < -0.39 is 27.4 Å². The van der Waals surface area contributed by atoms with E-state index in [4.69, 9.17) is 5.11 Å². The van der Waals surface area contributed by atoms with Gasteiger partial charge in [0.05, 0.1) is 24.3 Å². The lowest BCUT2D eigenvalue weighted by Crippen LogP contribution is -2.56. The largest absolute Gasteiger partial charge is 0.481 e. The number of aliphatic carboxylic acids is 1. The Hall–Kier alpha value is -1.15. The fraction of sp³-hybridized carbons (Fsp3) is 0.818. The Kier molecular flexibility index (Phi) is 4.92. The molecule has 0 radical (unpaired) electrons. The smallest absolute Gasteiger partial charge is 0.305 e. The second-order valence-electron chi connectivity index (χ2n) is 4.91. The summed E-state index contributed by atoms with van der Waals surface area (Å²) in [5.74, 6) is -1.49. The van der Waals surface area contributed by atoms with Gasteiger partial charge in [-0.05, 0) is 26.2 Å². The average Bonchev–Trinajstić information content (AvgIpc) is 2.25. The Morgan fingerprint density at radius 3 is 2.32 bits per heavy atom. The van der Waals surface area contributed by atoms with Crippen molar-refractivity contribution in [3.8, 4) is 0 Å². The van der Waals surface area contributed by atoms with Crippen LogP contribution in [0.1, 0.15) is 32.6 Å². The van der Waals surface area contributed by atoms with Crippen LogP contribution in [0.15, 0.2) is 0 Å². The maximum absolute atomic E-state index is 11.8. The Balaban J connectivity index is 2.57. The van der Waals surface area contributed by atoms with Crippen molar-refractivity contribution in [1.82, 2.24) is 9.62 Å². The van der Waals surface area contributed by atoms with Crippen molar-refractivity contribution in [3.63, 3.8) is 0 Å². The number of carbonyl (C=O) groups excluding carboxylic acids is 1.